The van der Waals surface area contributed by atoms with E-state index in [4.69, 9.17) is 5.73 Å². The molecule has 4 nitrogen and oxygen atoms in total. The summed E-state index contributed by atoms with van der Waals surface area (Å²) in [6.07, 6.45) is 5.07. The van der Waals surface area contributed by atoms with Crippen molar-refractivity contribution in [1.29, 1.82) is 0 Å². The summed E-state index contributed by atoms with van der Waals surface area (Å²) in [5.41, 5.74) is 7.12. The summed E-state index contributed by atoms with van der Waals surface area (Å²) in [6, 6.07) is 6.49. The fourth-order valence-electron chi connectivity index (χ4n) is 3.02. The molecule has 0 aromatic heterocycles. The SMILES string of the molecule is CC1(C)CCCCC1NC(=O)[C@@H](N)Cc1ccc(O)cc1. The number of benzene rings is 1. The maximum absolute atomic E-state index is 12.3. The van der Waals surface area contributed by atoms with E-state index < -0.39 is 6.04 Å². The van der Waals surface area contributed by atoms with Gasteiger partial charge in [0.1, 0.15) is 5.75 Å². The van der Waals surface area contributed by atoms with Crippen molar-refractivity contribution in [1.82, 2.24) is 5.32 Å². The van der Waals surface area contributed by atoms with Gasteiger partial charge in [0.25, 0.3) is 0 Å². The zero-order chi connectivity index (χ0) is 15.5. The number of carbonyl (C=O) groups excluding carboxylic acids is 1. The predicted molar refractivity (Wildman–Crippen MR) is 84.0 cm³/mol. The van der Waals surface area contributed by atoms with E-state index >= 15 is 0 Å². The van der Waals surface area contributed by atoms with E-state index in [1.165, 1.54) is 12.8 Å². The number of nitrogens with two attached hydrogens (primary N) is 1. The van der Waals surface area contributed by atoms with Crippen LogP contribution in [0.2, 0.25) is 0 Å². The Balaban J connectivity index is 1.91. The van der Waals surface area contributed by atoms with Gasteiger partial charge < -0.3 is 16.2 Å². The van der Waals surface area contributed by atoms with Gasteiger partial charge in [0, 0.05) is 6.04 Å². The van der Waals surface area contributed by atoms with Crippen molar-refractivity contribution < 1.29 is 9.90 Å². The molecule has 0 heterocycles. The van der Waals surface area contributed by atoms with Crippen molar-refractivity contribution in [3.05, 3.63) is 29.8 Å². The van der Waals surface area contributed by atoms with Crippen molar-refractivity contribution in [2.24, 2.45) is 11.1 Å². The van der Waals surface area contributed by atoms with Crippen molar-refractivity contribution in [2.45, 2.75) is 58.0 Å². The molecule has 0 saturated heterocycles. The Morgan fingerprint density at radius 3 is 2.67 bits per heavy atom. The molecule has 1 aliphatic rings. The summed E-state index contributed by atoms with van der Waals surface area (Å²) in [4.78, 5) is 12.3. The summed E-state index contributed by atoms with van der Waals surface area (Å²) >= 11 is 0. The molecular formula is C17H26N2O2. The van der Waals surface area contributed by atoms with E-state index in [0.29, 0.717) is 6.42 Å². The number of carbonyl (C=O) groups is 1. The monoisotopic (exact) mass is 290 g/mol. The molecule has 4 heteroatoms. The minimum Gasteiger partial charge on any atom is -0.508 e. The van der Waals surface area contributed by atoms with Gasteiger partial charge in [0.15, 0.2) is 0 Å². The molecule has 0 spiro atoms. The molecule has 1 aromatic rings. The lowest BCUT2D eigenvalue weighted by Gasteiger charge is -2.39. The summed E-state index contributed by atoms with van der Waals surface area (Å²) in [7, 11) is 0. The molecule has 116 valence electrons. The molecule has 1 aliphatic carbocycles. The number of hydrogen-bond acceptors (Lipinski definition) is 3. The largest absolute Gasteiger partial charge is 0.508 e. The Bertz CT molecular complexity index is 482. The van der Waals surface area contributed by atoms with Crippen LogP contribution in [0.5, 0.6) is 5.75 Å². The van der Waals surface area contributed by atoms with Crippen molar-refractivity contribution >= 4 is 5.91 Å². The van der Waals surface area contributed by atoms with Crippen LogP contribution in [0.15, 0.2) is 24.3 Å². The molecule has 1 fully saturated rings. The molecule has 0 radical (unpaired) electrons. The second-order valence-electron chi connectivity index (χ2n) is 6.77. The zero-order valence-corrected chi connectivity index (χ0v) is 12.9. The smallest absolute Gasteiger partial charge is 0.237 e. The third-order valence-electron chi connectivity index (χ3n) is 4.55. The standard InChI is InChI=1S/C17H26N2O2/c1-17(2)10-4-3-5-15(17)19-16(21)14(18)11-12-6-8-13(20)9-7-12/h6-9,14-15,20H,3-5,10-11,18H2,1-2H3,(H,19,21)/t14-,15?/m0/s1. The second-order valence-corrected chi connectivity index (χ2v) is 6.77. The van der Waals surface area contributed by atoms with Gasteiger partial charge >= 0.3 is 0 Å². The van der Waals surface area contributed by atoms with Crippen LogP contribution in [0.25, 0.3) is 0 Å². The molecule has 1 saturated carbocycles. The lowest BCUT2D eigenvalue weighted by Crippen LogP contribution is -2.52. The van der Waals surface area contributed by atoms with Gasteiger partial charge in [-0.05, 0) is 42.4 Å². The number of nitrogens with one attached hydrogen (secondary N) is 1. The lowest BCUT2D eigenvalue weighted by molar-refractivity contribution is -0.124. The molecule has 0 bridgehead atoms. The van der Waals surface area contributed by atoms with Crippen LogP contribution >= 0.6 is 0 Å². The first-order valence-corrected chi connectivity index (χ1v) is 7.72. The van der Waals surface area contributed by atoms with Gasteiger partial charge in [-0.25, -0.2) is 0 Å². The van der Waals surface area contributed by atoms with E-state index in [-0.39, 0.29) is 23.1 Å². The van der Waals surface area contributed by atoms with Crippen molar-refractivity contribution in [3.63, 3.8) is 0 Å². The van der Waals surface area contributed by atoms with Crippen LogP contribution in [0.3, 0.4) is 0 Å². The van der Waals surface area contributed by atoms with E-state index in [0.717, 1.165) is 18.4 Å². The quantitative estimate of drug-likeness (QED) is 0.796. The average Bonchev–Trinajstić information content (AvgIpc) is 2.43. The third kappa shape index (κ3) is 4.21. The van der Waals surface area contributed by atoms with E-state index in [1.807, 2.05) is 0 Å². The Labute approximate surface area is 126 Å². The summed E-state index contributed by atoms with van der Waals surface area (Å²) in [5, 5.41) is 12.4. The van der Waals surface area contributed by atoms with Gasteiger partial charge in [-0.3, -0.25) is 4.79 Å². The Kier molecular flexibility index (Phi) is 4.88. The summed E-state index contributed by atoms with van der Waals surface area (Å²) in [6.45, 7) is 4.42. The topological polar surface area (TPSA) is 75.4 Å². The highest BCUT2D eigenvalue weighted by Gasteiger charge is 2.33. The van der Waals surface area contributed by atoms with E-state index in [1.54, 1.807) is 24.3 Å². The molecule has 0 aliphatic heterocycles. The highest BCUT2D eigenvalue weighted by Crippen LogP contribution is 2.35. The first kappa shape index (κ1) is 15.8. The van der Waals surface area contributed by atoms with Crippen LogP contribution in [-0.2, 0) is 11.2 Å². The molecule has 2 rings (SSSR count). The number of amides is 1. The molecule has 21 heavy (non-hydrogen) atoms. The number of hydrogen-bond donors (Lipinski definition) is 3. The number of rotatable bonds is 4. The van der Waals surface area contributed by atoms with Gasteiger partial charge in [-0.2, -0.15) is 0 Å². The van der Waals surface area contributed by atoms with Crippen LogP contribution < -0.4 is 11.1 Å². The molecule has 4 N–H and O–H groups in total. The normalized spacial score (nSPS) is 22.5. The number of phenols is 1. The summed E-state index contributed by atoms with van der Waals surface area (Å²) < 4.78 is 0. The number of phenolic OH excluding ortho intramolecular Hbond substituents is 1. The molecule has 2 atom stereocenters. The molecular weight excluding hydrogens is 264 g/mol. The average molecular weight is 290 g/mol. The Hall–Kier alpha value is -1.55. The highest BCUT2D eigenvalue weighted by atomic mass is 16.3. The van der Waals surface area contributed by atoms with Gasteiger partial charge in [0.2, 0.25) is 5.91 Å². The first-order valence-electron chi connectivity index (χ1n) is 7.72. The van der Waals surface area contributed by atoms with Crippen molar-refractivity contribution in [2.75, 3.05) is 0 Å². The van der Waals surface area contributed by atoms with Crippen LogP contribution in [0.4, 0.5) is 0 Å². The van der Waals surface area contributed by atoms with Crippen LogP contribution in [0, 0.1) is 5.41 Å². The molecule has 1 amide bonds. The first-order chi connectivity index (χ1) is 9.88. The highest BCUT2D eigenvalue weighted by molar-refractivity contribution is 5.82. The van der Waals surface area contributed by atoms with E-state index in [2.05, 4.69) is 19.2 Å². The predicted octanol–water partition coefficient (Wildman–Crippen LogP) is 2.35. The Morgan fingerprint density at radius 1 is 1.38 bits per heavy atom. The van der Waals surface area contributed by atoms with Crippen LogP contribution in [0.1, 0.15) is 45.1 Å². The van der Waals surface area contributed by atoms with Gasteiger partial charge in [-0.15, -0.1) is 0 Å². The minimum absolute atomic E-state index is 0.0805. The second kappa shape index (κ2) is 6.48. The fourth-order valence-corrected chi connectivity index (χ4v) is 3.02. The van der Waals surface area contributed by atoms with Crippen LogP contribution in [-0.4, -0.2) is 23.1 Å². The fraction of sp³-hybridized carbons (Fsp3) is 0.588. The number of aromatic hydroxyl groups is 1. The van der Waals surface area contributed by atoms with Gasteiger partial charge in [0.05, 0.1) is 6.04 Å². The minimum atomic E-state index is -0.549. The molecule has 1 aromatic carbocycles. The maximum atomic E-state index is 12.3. The third-order valence-corrected chi connectivity index (χ3v) is 4.55. The van der Waals surface area contributed by atoms with Crippen molar-refractivity contribution in [3.8, 4) is 5.75 Å². The van der Waals surface area contributed by atoms with Gasteiger partial charge in [-0.1, -0.05) is 38.8 Å². The summed E-state index contributed by atoms with van der Waals surface area (Å²) in [5.74, 6) is 0.142. The lowest BCUT2D eigenvalue weighted by atomic mass is 9.73. The zero-order valence-electron chi connectivity index (χ0n) is 12.9. The molecule has 1 unspecified atom stereocenters. The van der Waals surface area contributed by atoms with E-state index in [9.17, 15) is 9.90 Å². The maximum Gasteiger partial charge on any atom is 0.237 e. The Morgan fingerprint density at radius 2 is 2.05 bits per heavy atom.